The number of nitrogens with zero attached hydrogens (tertiary/aromatic N) is 1. The number of aromatic nitrogens is 2. The molecule has 0 fully saturated rings. The Morgan fingerprint density at radius 2 is 2.15 bits per heavy atom. The van der Waals surface area contributed by atoms with E-state index in [1.807, 2.05) is 24.3 Å². The summed E-state index contributed by atoms with van der Waals surface area (Å²) in [7, 11) is 0. The third-order valence-electron chi connectivity index (χ3n) is 3.57. The second-order valence-corrected chi connectivity index (χ2v) is 5.66. The molecule has 1 atom stereocenters. The molecule has 0 saturated heterocycles. The summed E-state index contributed by atoms with van der Waals surface area (Å²) in [6.07, 6.45) is 0. The lowest BCUT2D eigenvalue weighted by atomic mass is 10.0. The van der Waals surface area contributed by atoms with Crippen molar-refractivity contribution in [2.24, 2.45) is 0 Å². The van der Waals surface area contributed by atoms with Crippen LogP contribution in [0.4, 0.5) is 4.39 Å². The van der Waals surface area contributed by atoms with Crippen LogP contribution in [0.15, 0.2) is 40.9 Å². The molecule has 2 heterocycles. The van der Waals surface area contributed by atoms with Crippen molar-refractivity contribution in [2.75, 3.05) is 6.61 Å². The van der Waals surface area contributed by atoms with Crippen molar-refractivity contribution in [1.29, 1.82) is 0 Å². The fourth-order valence-electron chi connectivity index (χ4n) is 2.58. The molecule has 100 valence electrons. The van der Waals surface area contributed by atoms with Gasteiger partial charge < -0.3 is 9.72 Å². The van der Waals surface area contributed by atoms with Crippen molar-refractivity contribution >= 4 is 27.0 Å². The molecule has 0 spiro atoms. The van der Waals surface area contributed by atoms with E-state index in [9.17, 15) is 4.39 Å². The van der Waals surface area contributed by atoms with Crippen LogP contribution < -0.4 is 4.74 Å². The van der Waals surface area contributed by atoms with Crippen molar-refractivity contribution in [3.05, 3.63) is 58.1 Å². The molecule has 0 radical (unpaired) electrons. The highest BCUT2D eigenvalue weighted by Crippen LogP contribution is 2.37. The van der Waals surface area contributed by atoms with Crippen LogP contribution in [0.1, 0.15) is 17.3 Å². The Labute approximate surface area is 122 Å². The van der Waals surface area contributed by atoms with Gasteiger partial charge in [0.25, 0.3) is 0 Å². The minimum atomic E-state index is -0.296. The number of hydrogen-bond acceptors (Lipinski definition) is 2. The quantitative estimate of drug-likeness (QED) is 0.731. The number of para-hydroxylation sites is 1. The summed E-state index contributed by atoms with van der Waals surface area (Å²) in [6.45, 7) is 0.558. The molecule has 0 amide bonds. The average Bonchev–Trinajstić information content (AvgIpc) is 3.02. The van der Waals surface area contributed by atoms with E-state index in [1.54, 1.807) is 6.07 Å². The first-order valence-electron chi connectivity index (χ1n) is 6.29. The van der Waals surface area contributed by atoms with Gasteiger partial charge in [0.05, 0.1) is 21.4 Å². The lowest BCUT2D eigenvalue weighted by Gasteiger charge is -2.03. The Bertz CT molecular complexity index is 776. The van der Waals surface area contributed by atoms with Crippen LogP contribution in [0.2, 0.25) is 0 Å². The molecular formula is C15H10BrFN2O. The van der Waals surface area contributed by atoms with Gasteiger partial charge in [0, 0.05) is 11.6 Å². The van der Waals surface area contributed by atoms with E-state index in [0.717, 1.165) is 22.7 Å². The molecule has 1 N–H and O–H groups in total. The molecule has 1 unspecified atom stereocenters. The Balaban J connectivity index is 1.84. The molecule has 20 heavy (non-hydrogen) atoms. The molecule has 4 rings (SSSR count). The fourth-order valence-corrected chi connectivity index (χ4v) is 2.91. The average molecular weight is 333 g/mol. The van der Waals surface area contributed by atoms with Crippen molar-refractivity contribution in [3.63, 3.8) is 0 Å². The van der Waals surface area contributed by atoms with Crippen LogP contribution in [-0.4, -0.2) is 16.6 Å². The zero-order chi connectivity index (χ0) is 13.7. The van der Waals surface area contributed by atoms with Gasteiger partial charge in [-0.2, -0.15) is 0 Å². The van der Waals surface area contributed by atoms with Crippen molar-refractivity contribution in [3.8, 4) is 5.75 Å². The zero-order valence-electron chi connectivity index (χ0n) is 10.4. The first kappa shape index (κ1) is 11.9. The largest absolute Gasteiger partial charge is 0.492 e. The van der Waals surface area contributed by atoms with Gasteiger partial charge in [0.15, 0.2) is 0 Å². The van der Waals surface area contributed by atoms with Gasteiger partial charge in [0.1, 0.15) is 24.0 Å². The van der Waals surface area contributed by atoms with Gasteiger partial charge in [-0.05, 0) is 28.1 Å². The lowest BCUT2D eigenvalue weighted by molar-refractivity contribution is 0.340. The number of aromatic amines is 1. The fraction of sp³-hybridized carbons (Fsp3) is 0.133. The minimum absolute atomic E-state index is 0.0698. The zero-order valence-corrected chi connectivity index (χ0v) is 11.9. The summed E-state index contributed by atoms with van der Waals surface area (Å²) in [5, 5.41) is 0. The number of imidazole rings is 1. The Hall–Kier alpha value is -1.88. The predicted octanol–water partition coefficient (Wildman–Crippen LogP) is 3.99. The number of H-pyrrole nitrogens is 1. The van der Waals surface area contributed by atoms with Crippen LogP contribution in [0, 0.1) is 5.82 Å². The highest BCUT2D eigenvalue weighted by Gasteiger charge is 2.27. The van der Waals surface area contributed by atoms with Crippen molar-refractivity contribution in [2.45, 2.75) is 5.92 Å². The summed E-state index contributed by atoms with van der Waals surface area (Å²) < 4.78 is 19.6. The summed E-state index contributed by atoms with van der Waals surface area (Å²) in [5.41, 5.74) is 2.56. The molecule has 0 bridgehead atoms. The molecule has 0 saturated carbocycles. The molecule has 1 aliphatic rings. The van der Waals surface area contributed by atoms with E-state index in [2.05, 4.69) is 25.9 Å². The summed E-state index contributed by atoms with van der Waals surface area (Å²) in [6, 6.07) is 11.1. The monoisotopic (exact) mass is 332 g/mol. The normalized spacial score (nSPS) is 17.2. The van der Waals surface area contributed by atoms with Gasteiger partial charge in [-0.25, -0.2) is 9.37 Å². The van der Waals surface area contributed by atoms with E-state index in [0.29, 0.717) is 16.6 Å². The van der Waals surface area contributed by atoms with Gasteiger partial charge in [-0.1, -0.05) is 18.2 Å². The van der Waals surface area contributed by atoms with Crippen molar-refractivity contribution < 1.29 is 9.13 Å². The van der Waals surface area contributed by atoms with Crippen LogP contribution in [-0.2, 0) is 0 Å². The van der Waals surface area contributed by atoms with E-state index >= 15 is 0 Å². The maximum Gasteiger partial charge on any atom is 0.139 e. The molecule has 3 aromatic rings. The summed E-state index contributed by atoms with van der Waals surface area (Å²) in [5.74, 6) is 1.48. The van der Waals surface area contributed by atoms with Crippen LogP contribution >= 0.6 is 15.9 Å². The van der Waals surface area contributed by atoms with Gasteiger partial charge in [0.2, 0.25) is 0 Å². The molecule has 1 aromatic heterocycles. The first-order valence-corrected chi connectivity index (χ1v) is 7.08. The van der Waals surface area contributed by atoms with Crippen LogP contribution in [0.3, 0.4) is 0 Å². The number of benzene rings is 2. The number of ether oxygens (including phenoxy) is 1. The third kappa shape index (κ3) is 1.73. The number of nitrogens with one attached hydrogen (secondary N) is 1. The lowest BCUT2D eigenvalue weighted by Crippen LogP contribution is -2.04. The minimum Gasteiger partial charge on any atom is -0.492 e. The maximum atomic E-state index is 13.6. The standard InChI is InChI=1S/C15H10BrFN2O/c16-10-5-12-13(6-11(10)17)19-15(18-12)9-7-20-14-4-2-1-3-8(9)14/h1-6,9H,7H2,(H,18,19). The smallest absolute Gasteiger partial charge is 0.139 e. The second-order valence-electron chi connectivity index (χ2n) is 4.81. The second kappa shape index (κ2) is 4.31. The van der Waals surface area contributed by atoms with Gasteiger partial charge in [-0.3, -0.25) is 0 Å². The first-order chi connectivity index (χ1) is 9.72. The molecule has 5 heteroatoms. The molecule has 2 aromatic carbocycles. The van der Waals surface area contributed by atoms with E-state index < -0.39 is 0 Å². The maximum absolute atomic E-state index is 13.6. The van der Waals surface area contributed by atoms with Crippen LogP contribution in [0.5, 0.6) is 5.75 Å². The number of fused-ring (bicyclic) bond motifs is 2. The molecule has 1 aliphatic heterocycles. The molecule has 3 nitrogen and oxygen atoms in total. The summed E-state index contributed by atoms with van der Waals surface area (Å²) >= 11 is 3.18. The topological polar surface area (TPSA) is 37.9 Å². The summed E-state index contributed by atoms with van der Waals surface area (Å²) in [4.78, 5) is 7.76. The highest BCUT2D eigenvalue weighted by atomic mass is 79.9. The predicted molar refractivity (Wildman–Crippen MR) is 77.5 cm³/mol. The van der Waals surface area contributed by atoms with Gasteiger partial charge in [-0.15, -0.1) is 0 Å². The number of halogens is 2. The van der Waals surface area contributed by atoms with E-state index in [4.69, 9.17) is 4.74 Å². The van der Waals surface area contributed by atoms with E-state index in [-0.39, 0.29) is 11.7 Å². The Kier molecular flexibility index (Phi) is 2.57. The third-order valence-corrected chi connectivity index (χ3v) is 4.18. The highest BCUT2D eigenvalue weighted by molar-refractivity contribution is 9.10. The SMILES string of the molecule is Fc1cc2[nH]c(C3COc4ccccc43)nc2cc1Br. The Morgan fingerprint density at radius 3 is 3.05 bits per heavy atom. The molecular weight excluding hydrogens is 323 g/mol. The number of rotatable bonds is 1. The van der Waals surface area contributed by atoms with Gasteiger partial charge >= 0.3 is 0 Å². The van der Waals surface area contributed by atoms with E-state index in [1.165, 1.54) is 6.07 Å². The molecule has 0 aliphatic carbocycles. The van der Waals surface area contributed by atoms with Crippen LogP contribution in [0.25, 0.3) is 11.0 Å². The van der Waals surface area contributed by atoms with Crippen molar-refractivity contribution in [1.82, 2.24) is 9.97 Å². The Morgan fingerprint density at radius 1 is 1.30 bits per heavy atom. The number of hydrogen-bond donors (Lipinski definition) is 1.